The molecular formula is C14H19N3O. The molecular weight excluding hydrogens is 226 g/mol. The molecule has 0 aliphatic carbocycles. The third-order valence-corrected chi connectivity index (χ3v) is 3.88. The first-order chi connectivity index (χ1) is 8.75. The molecule has 96 valence electrons. The minimum absolute atomic E-state index is 0.204. The topological polar surface area (TPSA) is 35.9 Å². The Labute approximate surface area is 108 Å². The number of fused-ring (bicyclic) bond motifs is 1. The Morgan fingerprint density at radius 1 is 1.33 bits per heavy atom. The fraction of sp³-hybridized carbons (Fsp3) is 0.571. The zero-order valence-electron chi connectivity index (χ0n) is 10.8. The van der Waals surface area contributed by atoms with Crippen LogP contribution in [0.4, 0.5) is 0 Å². The molecule has 0 N–H and O–H groups in total. The lowest BCUT2D eigenvalue weighted by Gasteiger charge is -2.28. The highest BCUT2D eigenvalue weighted by Gasteiger charge is 2.33. The van der Waals surface area contributed by atoms with Crippen molar-refractivity contribution >= 4 is 11.7 Å². The van der Waals surface area contributed by atoms with Crippen molar-refractivity contribution in [2.75, 3.05) is 19.6 Å². The number of hydrogen-bond donors (Lipinski definition) is 0. The third-order valence-electron chi connectivity index (χ3n) is 3.88. The van der Waals surface area contributed by atoms with Gasteiger partial charge in [0, 0.05) is 18.8 Å². The van der Waals surface area contributed by atoms with E-state index in [-0.39, 0.29) is 11.9 Å². The summed E-state index contributed by atoms with van der Waals surface area (Å²) in [6, 6.07) is -0.204. The molecule has 1 amide bonds. The third kappa shape index (κ3) is 1.96. The van der Waals surface area contributed by atoms with E-state index in [9.17, 15) is 4.79 Å². The van der Waals surface area contributed by atoms with Gasteiger partial charge in [0.2, 0.25) is 5.91 Å². The molecule has 18 heavy (non-hydrogen) atoms. The van der Waals surface area contributed by atoms with E-state index in [2.05, 4.69) is 22.9 Å². The Morgan fingerprint density at radius 2 is 2.11 bits per heavy atom. The van der Waals surface area contributed by atoms with Crippen LogP contribution in [0.5, 0.6) is 0 Å². The quantitative estimate of drug-likeness (QED) is 0.703. The van der Waals surface area contributed by atoms with Gasteiger partial charge >= 0.3 is 0 Å². The average molecular weight is 245 g/mol. The molecule has 1 saturated heterocycles. The molecule has 1 unspecified atom stereocenters. The minimum Gasteiger partial charge on any atom is -0.341 e. The average Bonchev–Trinajstić information content (AvgIpc) is 2.84. The van der Waals surface area contributed by atoms with E-state index in [0.717, 1.165) is 31.8 Å². The molecule has 0 aromatic carbocycles. The highest BCUT2D eigenvalue weighted by Crippen LogP contribution is 2.21. The molecule has 0 spiro atoms. The number of amidine groups is 1. The van der Waals surface area contributed by atoms with Crippen molar-refractivity contribution in [3.63, 3.8) is 0 Å². The van der Waals surface area contributed by atoms with Gasteiger partial charge in [-0.3, -0.25) is 9.79 Å². The minimum atomic E-state index is -0.204. The van der Waals surface area contributed by atoms with E-state index >= 15 is 0 Å². The van der Waals surface area contributed by atoms with Crippen LogP contribution in [0.2, 0.25) is 0 Å². The summed E-state index contributed by atoms with van der Waals surface area (Å²) in [6.45, 7) is 4.58. The molecule has 0 bridgehead atoms. The molecule has 1 atom stereocenters. The second-order valence-corrected chi connectivity index (χ2v) is 5.17. The van der Waals surface area contributed by atoms with Gasteiger partial charge in [0.1, 0.15) is 11.9 Å². The van der Waals surface area contributed by atoms with Gasteiger partial charge in [-0.1, -0.05) is 6.08 Å². The van der Waals surface area contributed by atoms with Crippen LogP contribution in [0.25, 0.3) is 0 Å². The van der Waals surface area contributed by atoms with Crippen molar-refractivity contribution < 1.29 is 4.79 Å². The summed E-state index contributed by atoms with van der Waals surface area (Å²) < 4.78 is 0. The molecule has 4 heteroatoms. The number of nitrogens with zero attached hydrogens (tertiary/aromatic N) is 3. The lowest BCUT2D eigenvalue weighted by Crippen LogP contribution is -2.43. The smallest absolute Gasteiger partial charge is 0.249 e. The standard InChI is InChI=1S/C14H19N3O/c1-11-6-5-7-13-15-12(10-17(11)13)14(18)16-8-3-2-4-9-16/h5-7,12H,2-4,8-10H2,1H3. The van der Waals surface area contributed by atoms with Crippen molar-refractivity contribution in [1.29, 1.82) is 0 Å². The number of rotatable bonds is 1. The molecule has 0 radical (unpaired) electrons. The van der Waals surface area contributed by atoms with Crippen LogP contribution in [-0.2, 0) is 4.79 Å². The van der Waals surface area contributed by atoms with Gasteiger partial charge in [0.15, 0.2) is 0 Å². The van der Waals surface area contributed by atoms with Crippen LogP contribution < -0.4 is 0 Å². The molecule has 3 aliphatic rings. The second-order valence-electron chi connectivity index (χ2n) is 5.17. The van der Waals surface area contributed by atoms with E-state index in [0.29, 0.717) is 6.54 Å². The van der Waals surface area contributed by atoms with Gasteiger partial charge in [-0.15, -0.1) is 0 Å². The number of carbonyl (C=O) groups is 1. The SMILES string of the molecule is CC1=CC=CC2=NC(C(=O)N3CCCCC3)CN12. The van der Waals surface area contributed by atoms with Gasteiger partial charge in [-0.2, -0.15) is 0 Å². The zero-order chi connectivity index (χ0) is 12.5. The Hall–Kier alpha value is -1.58. The number of aliphatic imine (C=N–C) groups is 1. The van der Waals surface area contributed by atoms with Crippen LogP contribution in [0.3, 0.4) is 0 Å². The van der Waals surface area contributed by atoms with Crippen molar-refractivity contribution in [2.45, 2.75) is 32.2 Å². The van der Waals surface area contributed by atoms with Crippen LogP contribution in [0.1, 0.15) is 26.2 Å². The van der Waals surface area contributed by atoms with Gasteiger partial charge < -0.3 is 9.80 Å². The van der Waals surface area contributed by atoms with E-state index < -0.39 is 0 Å². The normalized spacial score (nSPS) is 26.8. The van der Waals surface area contributed by atoms with E-state index in [4.69, 9.17) is 0 Å². The van der Waals surface area contributed by atoms with Gasteiger partial charge in [-0.05, 0) is 38.3 Å². The van der Waals surface area contributed by atoms with Crippen molar-refractivity contribution in [3.05, 3.63) is 23.9 Å². The van der Waals surface area contributed by atoms with Crippen LogP contribution in [-0.4, -0.2) is 47.2 Å². The first-order valence-electron chi connectivity index (χ1n) is 6.75. The number of piperidine rings is 1. The number of carbonyl (C=O) groups excluding carboxylic acids is 1. The van der Waals surface area contributed by atoms with Crippen LogP contribution in [0, 0.1) is 0 Å². The summed E-state index contributed by atoms with van der Waals surface area (Å²) in [4.78, 5) is 21.1. The van der Waals surface area contributed by atoms with Gasteiger partial charge in [-0.25, -0.2) is 0 Å². The molecule has 0 aromatic rings. The molecule has 1 fully saturated rings. The summed E-state index contributed by atoms with van der Waals surface area (Å²) in [5.74, 6) is 1.14. The summed E-state index contributed by atoms with van der Waals surface area (Å²) in [5, 5.41) is 0. The maximum atomic E-state index is 12.4. The molecule has 3 aliphatic heterocycles. The molecule has 0 aromatic heterocycles. The number of likely N-dealkylation sites (tertiary alicyclic amines) is 1. The highest BCUT2D eigenvalue weighted by atomic mass is 16.2. The maximum absolute atomic E-state index is 12.4. The Kier molecular flexibility index (Phi) is 2.94. The van der Waals surface area contributed by atoms with E-state index in [1.165, 1.54) is 12.1 Å². The Balaban J connectivity index is 1.72. The summed E-state index contributed by atoms with van der Waals surface area (Å²) in [5.41, 5.74) is 1.17. The molecule has 4 nitrogen and oxygen atoms in total. The maximum Gasteiger partial charge on any atom is 0.249 e. The van der Waals surface area contributed by atoms with Crippen LogP contribution >= 0.6 is 0 Å². The fourth-order valence-corrected chi connectivity index (χ4v) is 2.82. The number of amides is 1. The largest absolute Gasteiger partial charge is 0.341 e. The lowest BCUT2D eigenvalue weighted by atomic mass is 10.1. The second kappa shape index (κ2) is 4.59. The fourth-order valence-electron chi connectivity index (χ4n) is 2.82. The molecule has 0 saturated carbocycles. The summed E-state index contributed by atoms with van der Waals surface area (Å²) in [7, 11) is 0. The summed E-state index contributed by atoms with van der Waals surface area (Å²) in [6.07, 6.45) is 9.57. The number of allylic oxidation sites excluding steroid dienone is 3. The van der Waals surface area contributed by atoms with Crippen molar-refractivity contribution in [1.82, 2.24) is 9.80 Å². The predicted molar refractivity (Wildman–Crippen MR) is 71.3 cm³/mol. The van der Waals surface area contributed by atoms with Crippen molar-refractivity contribution in [2.24, 2.45) is 4.99 Å². The number of hydrogen-bond acceptors (Lipinski definition) is 3. The monoisotopic (exact) mass is 245 g/mol. The van der Waals surface area contributed by atoms with E-state index in [1.54, 1.807) is 0 Å². The Bertz CT molecular complexity index is 444. The zero-order valence-corrected chi connectivity index (χ0v) is 10.8. The first-order valence-corrected chi connectivity index (χ1v) is 6.75. The highest BCUT2D eigenvalue weighted by molar-refractivity contribution is 6.00. The predicted octanol–water partition coefficient (Wildman–Crippen LogP) is 1.56. The van der Waals surface area contributed by atoms with Gasteiger partial charge in [0.25, 0.3) is 0 Å². The van der Waals surface area contributed by atoms with Crippen LogP contribution in [0.15, 0.2) is 28.9 Å². The van der Waals surface area contributed by atoms with Gasteiger partial charge in [0.05, 0.1) is 6.54 Å². The first kappa shape index (κ1) is 11.5. The Morgan fingerprint density at radius 3 is 2.83 bits per heavy atom. The van der Waals surface area contributed by atoms with E-state index in [1.807, 2.05) is 17.1 Å². The molecule has 3 rings (SSSR count). The van der Waals surface area contributed by atoms with Crippen molar-refractivity contribution in [3.8, 4) is 0 Å². The summed E-state index contributed by atoms with van der Waals surface area (Å²) >= 11 is 0. The lowest BCUT2D eigenvalue weighted by molar-refractivity contribution is -0.133. The molecule has 3 heterocycles.